The number of nitro groups is 1. The van der Waals surface area contributed by atoms with Crippen molar-refractivity contribution in [1.82, 2.24) is 10.2 Å². The molecule has 2 aromatic rings. The van der Waals surface area contributed by atoms with E-state index in [-0.39, 0.29) is 23.3 Å². The topological polar surface area (TPSA) is 92.6 Å². The minimum Gasteiger partial charge on any atom is -0.354 e. The number of carbonyl (C=O) groups is 2. The predicted molar refractivity (Wildman–Crippen MR) is 124 cm³/mol. The lowest BCUT2D eigenvalue weighted by Gasteiger charge is -2.29. The highest BCUT2D eigenvalue weighted by Crippen LogP contribution is 2.19. The summed E-state index contributed by atoms with van der Waals surface area (Å²) in [6.07, 6.45) is 0.829. The molecule has 0 aliphatic carbocycles. The summed E-state index contributed by atoms with van der Waals surface area (Å²) in [6, 6.07) is 13.6. The SMILES string of the molecule is CCCNC(=O)C(C)N(Cc1ccccc1C)C(=O)CSCc1ccc([N+](=O)[O-])cc1. The molecule has 8 heteroatoms. The Labute approximate surface area is 187 Å². The molecular weight excluding hydrogens is 414 g/mol. The average Bonchev–Trinajstić information content (AvgIpc) is 2.76. The molecule has 2 amide bonds. The highest BCUT2D eigenvalue weighted by molar-refractivity contribution is 7.99. The minimum absolute atomic E-state index is 0.0427. The van der Waals surface area contributed by atoms with Gasteiger partial charge >= 0.3 is 0 Å². The van der Waals surface area contributed by atoms with E-state index in [9.17, 15) is 19.7 Å². The maximum absolute atomic E-state index is 13.0. The van der Waals surface area contributed by atoms with E-state index in [1.165, 1.54) is 23.9 Å². The van der Waals surface area contributed by atoms with Crippen molar-refractivity contribution in [2.45, 2.75) is 45.5 Å². The number of nitrogens with zero attached hydrogens (tertiary/aromatic N) is 2. The van der Waals surface area contributed by atoms with Gasteiger partial charge in [-0.2, -0.15) is 0 Å². The molecule has 166 valence electrons. The fraction of sp³-hybridized carbons (Fsp3) is 0.391. The van der Waals surface area contributed by atoms with E-state index >= 15 is 0 Å². The van der Waals surface area contributed by atoms with Crippen molar-refractivity contribution in [3.8, 4) is 0 Å². The monoisotopic (exact) mass is 443 g/mol. The first-order chi connectivity index (χ1) is 14.8. The van der Waals surface area contributed by atoms with Crippen LogP contribution in [0.4, 0.5) is 5.69 Å². The van der Waals surface area contributed by atoms with Crippen LogP contribution in [0.5, 0.6) is 0 Å². The molecule has 0 radical (unpaired) electrons. The average molecular weight is 444 g/mol. The molecule has 0 saturated heterocycles. The lowest BCUT2D eigenvalue weighted by Crippen LogP contribution is -2.48. The van der Waals surface area contributed by atoms with Gasteiger partial charge in [-0.25, -0.2) is 0 Å². The number of amides is 2. The molecule has 7 nitrogen and oxygen atoms in total. The fourth-order valence-corrected chi connectivity index (χ4v) is 3.87. The first-order valence-electron chi connectivity index (χ1n) is 10.3. The van der Waals surface area contributed by atoms with E-state index in [4.69, 9.17) is 0 Å². The molecule has 1 atom stereocenters. The quantitative estimate of drug-likeness (QED) is 0.417. The molecule has 1 N–H and O–H groups in total. The van der Waals surface area contributed by atoms with Crippen molar-refractivity contribution < 1.29 is 14.5 Å². The number of carbonyl (C=O) groups excluding carboxylic acids is 2. The van der Waals surface area contributed by atoms with Crippen molar-refractivity contribution in [2.24, 2.45) is 0 Å². The van der Waals surface area contributed by atoms with Crippen molar-refractivity contribution in [1.29, 1.82) is 0 Å². The second-order valence-electron chi connectivity index (χ2n) is 7.33. The molecule has 0 saturated carbocycles. The summed E-state index contributed by atoms with van der Waals surface area (Å²) in [5.41, 5.74) is 3.02. The van der Waals surface area contributed by atoms with Crippen LogP contribution in [-0.4, -0.2) is 40.0 Å². The summed E-state index contributed by atoms with van der Waals surface area (Å²) in [5, 5.41) is 13.6. The first-order valence-corrected chi connectivity index (χ1v) is 11.4. The number of non-ortho nitro benzene ring substituents is 1. The van der Waals surface area contributed by atoms with Crippen LogP contribution in [0, 0.1) is 17.0 Å². The van der Waals surface area contributed by atoms with E-state index in [0.29, 0.717) is 18.8 Å². The Morgan fingerprint density at radius 3 is 2.45 bits per heavy atom. The predicted octanol–water partition coefficient (Wildman–Crippen LogP) is 4.08. The van der Waals surface area contributed by atoms with Gasteiger partial charge in [-0.05, 0) is 37.0 Å². The van der Waals surface area contributed by atoms with Crippen LogP contribution >= 0.6 is 11.8 Å². The Morgan fingerprint density at radius 1 is 1.16 bits per heavy atom. The summed E-state index contributed by atoms with van der Waals surface area (Å²) in [5.74, 6) is 0.491. The fourth-order valence-electron chi connectivity index (χ4n) is 3.00. The molecule has 0 aromatic heterocycles. The summed E-state index contributed by atoms with van der Waals surface area (Å²) < 4.78 is 0. The van der Waals surface area contributed by atoms with Gasteiger partial charge in [0.2, 0.25) is 11.8 Å². The maximum Gasteiger partial charge on any atom is 0.269 e. The largest absolute Gasteiger partial charge is 0.354 e. The smallest absolute Gasteiger partial charge is 0.269 e. The second kappa shape index (κ2) is 12.1. The summed E-state index contributed by atoms with van der Waals surface area (Å²) in [7, 11) is 0. The van der Waals surface area contributed by atoms with Crippen LogP contribution in [0.2, 0.25) is 0 Å². The molecule has 2 rings (SSSR count). The van der Waals surface area contributed by atoms with Crippen LogP contribution in [0.3, 0.4) is 0 Å². The minimum atomic E-state index is -0.585. The highest BCUT2D eigenvalue weighted by atomic mass is 32.2. The normalized spacial score (nSPS) is 11.6. The van der Waals surface area contributed by atoms with E-state index < -0.39 is 11.0 Å². The molecule has 0 spiro atoms. The van der Waals surface area contributed by atoms with Crippen LogP contribution in [-0.2, 0) is 21.9 Å². The highest BCUT2D eigenvalue weighted by Gasteiger charge is 2.26. The van der Waals surface area contributed by atoms with Crippen LogP contribution in [0.25, 0.3) is 0 Å². The van der Waals surface area contributed by atoms with Gasteiger partial charge in [-0.1, -0.05) is 43.3 Å². The summed E-state index contributed by atoms with van der Waals surface area (Å²) in [6.45, 7) is 6.66. The number of hydrogen-bond acceptors (Lipinski definition) is 5. The van der Waals surface area contributed by atoms with Crippen LogP contribution in [0.1, 0.15) is 37.0 Å². The zero-order valence-corrected chi connectivity index (χ0v) is 19.0. The third kappa shape index (κ3) is 7.40. The lowest BCUT2D eigenvalue weighted by molar-refractivity contribution is -0.384. The van der Waals surface area contributed by atoms with Gasteiger partial charge in [0.1, 0.15) is 6.04 Å². The standard InChI is InChI=1S/C23H29N3O4S/c1-4-13-24-23(28)18(3)25(14-20-8-6-5-7-17(20)2)22(27)16-31-15-19-9-11-21(12-10-19)26(29)30/h5-12,18H,4,13-16H2,1-3H3,(H,24,28). The van der Waals surface area contributed by atoms with E-state index in [2.05, 4.69) is 5.32 Å². The van der Waals surface area contributed by atoms with Crippen LogP contribution < -0.4 is 5.32 Å². The number of nitrogens with one attached hydrogen (secondary N) is 1. The van der Waals surface area contributed by atoms with Gasteiger partial charge in [-0.3, -0.25) is 19.7 Å². The maximum atomic E-state index is 13.0. The van der Waals surface area contributed by atoms with E-state index in [1.807, 2.05) is 38.1 Å². The van der Waals surface area contributed by atoms with Gasteiger partial charge in [0.05, 0.1) is 10.7 Å². The zero-order chi connectivity index (χ0) is 22.8. The lowest BCUT2D eigenvalue weighted by atomic mass is 10.1. The molecule has 31 heavy (non-hydrogen) atoms. The third-order valence-corrected chi connectivity index (χ3v) is 5.95. The Bertz CT molecular complexity index is 902. The summed E-state index contributed by atoms with van der Waals surface area (Å²) >= 11 is 1.43. The van der Waals surface area contributed by atoms with Gasteiger partial charge in [-0.15, -0.1) is 11.8 Å². The molecule has 0 heterocycles. The Morgan fingerprint density at radius 2 is 1.84 bits per heavy atom. The van der Waals surface area contributed by atoms with Gasteiger partial charge < -0.3 is 10.2 Å². The van der Waals surface area contributed by atoms with E-state index in [1.54, 1.807) is 24.0 Å². The van der Waals surface area contributed by atoms with Crippen molar-refractivity contribution in [3.05, 3.63) is 75.3 Å². The zero-order valence-electron chi connectivity index (χ0n) is 18.2. The van der Waals surface area contributed by atoms with Gasteiger partial charge in [0, 0.05) is 31.0 Å². The number of thioether (sulfide) groups is 1. The number of benzene rings is 2. The Balaban J connectivity index is 2.05. The molecule has 0 bridgehead atoms. The molecular formula is C23H29N3O4S. The third-order valence-electron chi connectivity index (χ3n) is 4.96. The molecule has 0 fully saturated rings. The number of rotatable bonds is 11. The first kappa shape index (κ1) is 24.4. The number of aryl methyl sites for hydroxylation is 1. The number of nitro benzene ring substituents is 1. The van der Waals surface area contributed by atoms with Crippen molar-refractivity contribution in [2.75, 3.05) is 12.3 Å². The van der Waals surface area contributed by atoms with Crippen molar-refractivity contribution >= 4 is 29.3 Å². The van der Waals surface area contributed by atoms with Gasteiger partial charge in [0.15, 0.2) is 0 Å². The molecule has 2 aromatic carbocycles. The van der Waals surface area contributed by atoms with Gasteiger partial charge in [0.25, 0.3) is 5.69 Å². The number of hydrogen-bond donors (Lipinski definition) is 1. The van der Waals surface area contributed by atoms with Crippen molar-refractivity contribution in [3.63, 3.8) is 0 Å². The van der Waals surface area contributed by atoms with Crippen LogP contribution in [0.15, 0.2) is 48.5 Å². The second-order valence-corrected chi connectivity index (χ2v) is 8.32. The summed E-state index contributed by atoms with van der Waals surface area (Å²) in [4.78, 5) is 37.5. The molecule has 0 aliphatic heterocycles. The Hall–Kier alpha value is -2.87. The molecule has 1 unspecified atom stereocenters. The Kier molecular flexibility index (Phi) is 9.52. The van der Waals surface area contributed by atoms with E-state index in [0.717, 1.165) is 23.1 Å². The molecule has 0 aliphatic rings.